The first-order chi connectivity index (χ1) is 15.0. The zero-order chi connectivity index (χ0) is 22.0. The number of nitrogens with zero attached hydrogens (tertiary/aromatic N) is 2. The van der Waals surface area contributed by atoms with Gasteiger partial charge in [-0.15, -0.1) is 0 Å². The van der Waals surface area contributed by atoms with E-state index in [9.17, 15) is 4.79 Å². The Kier molecular flexibility index (Phi) is 6.68. The van der Waals surface area contributed by atoms with Crippen LogP contribution in [0.3, 0.4) is 0 Å². The predicted octanol–water partition coefficient (Wildman–Crippen LogP) is 7.46. The van der Waals surface area contributed by atoms with Crippen LogP contribution in [0.4, 0.5) is 0 Å². The van der Waals surface area contributed by atoms with Gasteiger partial charge in [0, 0.05) is 5.56 Å². The summed E-state index contributed by atoms with van der Waals surface area (Å²) in [5.74, 6) is -0.294. The molecule has 0 heterocycles. The fraction of sp³-hybridized carbons (Fsp3) is 0.0833. The van der Waals surface area contributed by atoms with Gasteiger partial charge < -0.3 is 0 Å². The molecule has 0 aliphatic heterocycles. The molecule has 0 saturated carbocycles. The number of hydrogen-bond acceptors (Lipinski definition) is 3. The van der Waals surface area contributed by atoms with Gasteiger partial charge in [0.15, 0.2) is 5.78 Å². The van der Waals surface area contributed by atoms with Gasteiger partial charge in [-0.2, -0.15) is 5.10 Å². The molecule has 0 unspecified atom stereocenters. The molecule has 3 aromatic rings. The monoisotopic (exact) mass is 488 g/mol. The van der Waals surface area contributed by atoms with E-state index >= 15 is 0 Å². The molecular weight excluding hydrogens is 474 g/mol. The lowest BCUT2D eigenvalue weighted by molar-refractivity contribution is 0.104. The molecule has 0 radical (unpaired) electrons. The molecular formula is C24H16Cl4N2O. The summed E-state index contributed by atoms with van der Waals surface area (Å²) in [6, 6.07) is 20.0. The highest BCUT2D eigenvalue weighted by atomic mass is 35.5. The number of benzene rings is 3. The molecule has 0 amide bonds. The van der Waals surface area contributed by atoms with E-state index in [0.717, 1.165) is 11.1 Å². The van der Waals surface area contributed by atoms with Gasteiger partial charge in [0.05, 0.1) is 44.5 Å². The van der Waals surface area contributed by atoms with Crippen molar-refractivity contribution < 1.29 is 4.79 Å². The summed E-state index contributed by atoms with van der Waals surface area (Å²) in [4.78, 5) is 12.5. The van der Waals surface area contributed by atoms with Crippen molar-refractivity contribution in [1.82, 2.24) is 5.01 Å². The van der Waals surface area contributed by atoms with Crippen molar-refractivity contribution in [1.29, 1.82) is 0 Å². The van der Waals surface area contributed by atoms with Crippen molar-refractivity contribution >= 4 is 57.9 Å². The lowest BCUT2D eigenvalue weighted by Gasteiger charge is -2.23. The average Bonchev–Trinajstić information content (AvgIpc) is 2.78. The van der Waals surface area contributed by atoms with E-state index in [-0.39, 0.29) is 31.4 Å². The second-order valence-electron chi connectivity index (χ2n) is 6.98. The van der Waals surface area contributed by atoms with E-state index in [0.29, 0.717) is 24.4 Å². The third-order valence-corrected chi connectivity index (χ3v) is 6.63. The summed E-state index contributed by atoms with van der Waals surface area (Å²) in [7, 11) is 0. The maximum Gasteiger partial charge on any atom is 0.188 e. The minimum absolute atomic E-state index is 0.0560. The number of fused-ring (bicyclic) bond motifs is 1. The highest BCUT2D eigenvalue weighted by Gasteiger charge is 2.29. The van der Waals surface area contributed by atoms with Crippen LogP contribution in [-0.2, 0) is 13.1 Å². The molecule has 4 rings (SSSR count). The summed E-state index contributed by atoms with van der Waals surface area (Å²) < 4.78 is 0. The molecule has 0 saturated heterocycles. The molecule has 3 nitrogen and oxygen atoms in total. The van der Waals surface area contributed by atoms with Crippen molar-refractivity contribution in [3.05, 3.63) is 115 Å². The second-order valence-corrected chi connectivity index (χ2v) is 8.49. The van der Waals surface area contributed by atoms with E-state index in [1.165, 1.54) is 6.08 Å². The normalized spacial score (nSPS) is 14.1. The number of allylic oxidation sites excluding steroid dienone is 2. The molecule has 0 bridgehead atoms. The standard InChI is InChI=1S/C24H16Cl4N2O/c25-21-19-17(11-12-18(31)20(19)22(26)24(28)23(21)27)29-30(13-15-7-3-1-4-8-15)14-16-9-5-2-6-10-16/h1-12H,13-14H2. The van der Waals surface area contributed by atoms with Crippen LogP contribution in [0.15, 0.2) is 77.9 Å². The molecule has 0 fully saturated rings. The number of carbonyl (C=O) groups excluding carboxylic acids is 1. The largest absolute Gasteiger partial charge is 0.289 e. The molecule has 0 atom stereocenters. The molecule has 0 aromatic heterocycles. The number of hydrazone groups is 1. The Bertz CT molecular complexity index is 1150. The fourth-order valence-corrected chi connectivity index (χ4v) is 4.42. The fourth-order valence-electron chi connectivity index (χ4n) is 3.38. The van der Waals surface area contributed by atoms with Crippen LogP contribution in [0.25, 0.3) is 0 Å². The van der Waals surface area contributed by atoms with Gasteiger partial charge in [0.1, 0.15) is 0 Å². The van der Waals surface area contributed by atoms with Crippen LogP contribution in [0.2, 0.25) is 20.1 Å². The summed E-state index contributed by atoms with van der Waals surface area (Å²) >= 11 is 25.3. The lowest BCUT2D eigenvalue weighted by Crippen LogP contribution is -2.22. The third kappa shape index (κ3) is 4.65. The molecule has 1 aliphatic carbocycles. The summed E-state index contributed by atoms with van der Waals surface area (Å²) in [5, 5.41) is 7.14. The first-order valence-electron chi connectivity index (χ1n) is 9.46. The van der Waals surface area contributed by atoms with E-state index in [2.05, 4.69) is 0 Å². The number of hydrogen-bond donors (Lipinski definition) is 0. The maximum atomic E-state index is 12.5. The predicted molar refractivity (Wildman–Crippen MR) is 129 cm³/mol. The number of rotatable bonds is 5. The van der Waals surface area contributed by atoms with Crippen molar-refractivity contribution in [2.75, 3.05) is 0 Å². The smallest absolute Gasteiger partial charge is 0.188 e. The second kappa shape index (κ2) is 9.46. The summed E-state index contributed by atoms with van der Waals surface area (Å²) in [6.45, 7) is 1.12. The number of ketones is 1. The van der Waals surface area contributed by atoms with Gasteiger partial charge in [0.25, 0.3) is 0 Å². The van der Waals surface area contributed by atoms with Gasteiger partial charge in [-0.3, -0.25) is 9.80 Å². The zero-order valence-corrected chi connectivity index (χ0v) is 19.2. The van der Waals surface area contributed by atoms with E-state index in [4.69, 9.17) is 51.5 Å². The van der Waals surface area contributed by atoms with Gasteiger partial charge in [-0.05, 0) is 23.3 Å². The van der Waals surface area contributed by atoms with E-state index < -0.39 is 0 Å². The van der Waals surface area contributed by atoms with Crippen LogP contribution >= 0.6 is 46.4 Å². The molecule has 0 N–H and O–H groups in total. The molecule has 31 heavy (non-hydrogen) atoms. The highest BCUT2D eigenvalue weighted by molar-refractivity contribution is 6.55. The molecule has 3 aromatic carbocycles. The van der Waals surface area contributed by atoms with Crippen molar-refractivity contribution in [2.24, 2.45) is 5.10 Å². The van der Waals surface area contributed by atoms with Crippen LogP contribution in [0.1, 0.15) is 27.0 Å². The SMILES string of the molecule is O=C1C=CC(=NN(Cc2ccccc2)Cc2ccccc2)c2c(Cl)c(Cl)c(Cl)c(Cl)c21. The van der Waals surface area contributed by atoms with Crippen LogP contribution < -0.4 is 0 Å². The van der Waals surface area contributed by atoms with Crippen molar-refractivity contribution in [2.45, 2.75) is 13.1 Å². The van der Waals surface area contributed by atoms with Gasteiger partial charge >= 0.3 is 0 Å². The average molecular weight is 490 g/mol. The number of carbonyl (C=O) groups is 1. The van der Waals surface area contributed by atoms with Crippen LogP contribution in [0.5, 0.6) is 0 Å². The molecule has 7 heteroatoms. The van der Waals surface area contributed by atoms with Crippen molar-refractivity contribution in [3.63, 3.8) is 0 Å². The Morgan fingerprint density at radius 1 is 0.645 bits per heavy atom. The van der Waals surface area contributed by atoms with Crippen LogP contribution in [0, 0.1) is 0 Å². The molecule has 1 aliphatic rings. The first-order valence-corrected chi connectivity index (χ1v) is 11.0. The topological polar surface area (TPSA) is 32.7 Å². The van der Waals surface area contributed by atoms with Crippen LogP contribution in [-0.4, -0.2) is 16.5 Å². The van der Waals surface area contributed by atoms with Gasteiger partial charge in [-0.25, -0.2) is 0 Å². The van der Waals surface area contributed by atoms with Gasteiger partial charge in [-0.1, -0.05) is 107 Å². The highest BCUT2D eigenvalue weighted by Crippen LogP contribution is 2.43. The summed E-state index contributed by atoms with van der Waals surface area (Å²) in [5.41, 5.74) is 3.28. The summed E-state index contributed by atoms with van der Waals surface area (Å²) in [6.07, 6.45) is 3.04. The Morgan fingerprint density at radius 2 is 1.13 bits per heavy atom. The minimum Gasteiger partial charge on any atom is -0.289 e. The third-order valence-electron chi connectivity index (χ3n) is 4.83. The first kappa shape index (κ1) is 21.9. The van der Waals surface area contributed by atoms with Crippen molar-refractivity contribution in [3.8, 4) is 0 Å². The van der Waals surface area contributed by atoms with Gasteiger partial charge in [0.2, 0.25) is 0 Å². The van der Waals surface area contributed by atoms with E-state index in [1.54, 1.807) is 6.08 Å². The Labute approximate surface area is 200 Å². The Balaban J connectivity index is 1.81. The zero-order valence-electron chi connectivity index (χ0n) is 16.2. The minimum atomic E-state index is -0.294. The molecule has 156 valence electrons. The number of halogens is 4. The molecule has 0 spiro atoms. The Hall–Kier alpha value is -2.30. The lowest BCUT2D eigenvalue weighted by atomic mass is 9.94. The maximum absolute atomic E-state index is 12.5. The quantitative estimate of drug-likeness (QED) is 0.211. The van der Waals surface area contributed by atoms with E-state index in [1.807, 2.05) is 65.7 Å². The Morgan fingerprint density at radius 3 is 1.65 bits per heavy atom.